The number of aryl methyl sites for hydroxylation is 1. The van der Waals surface area contributed by atoms with Crippen LogP contribution in [0.25, 0.3) is 21.8 Å². The van der Waals surface area contributed by atoms with Crippen LogP contribution in [0.3, 0.4) is 0 Å². The molecule has 19 heavy (non-hydrogen) atoms. The summed E-state index contributed by atoms with van der Waals surface area (Å²) in [4.78, 5) is 14.2. The first-order chi connectivity index (χ1) is 9.24. The Kier molecular flexibility index (Phi) is 2.95. The van der Waals surface area contributed by atoms with E-state index in [1.165, 1.54) is 16.3 Å². The number of aromatic amines is 1. The summed E-state index contributed by atoms with van der Waals surface area (Å²) in [6.45, 7) is 0. The first-order valence-corrected chi connectivity index (χ1v) is 6.52. The van der Waals surface area contributed by atoms with Crippen molar-refractivity contribution in [1.29, 1.82) is 0 Å². The summed E-state index contributed by atoms with van der Waals surface area (Å²) in [5.41, 5.74) is 8.72. The molecule has 2 aromatic carbocycles. The molecule has 3 heteroatoms. The minimum atomic E-state index is -0.229. The van der Waals surface area contributed by atoms with Gasteiger partial charge in [0.15, 0.2) is 0 Å². The normalized spacial score (nSPS) is 11.2. The van der Waals surface area contributed by atoms with Gasteiger partial charge in [-0.2, -0.15) is 0 Å². The van der Waals surface area contributed by atoms with Gasteiger partial charge in [-0.25, -0.2) is 0 Å². The topological polar surface area (TPSA) is 58.9 Å². The third-order valence-corrected chi connectivity index (χ3v) is 3.46. The Labute approximate surface area is 111 Å². The smallest absolute Gasteiger partial charge is 0.217 e. The molecule has 0 aliphatic heterocycles. The van der Waals surface area contributed by atoms with Gasteiger partial charge in [-0.3, -0.25) is 4.79 Å². The number of nitrogens with one attached hydrogen (secondary N) is 1. The van der Waals surface area contributed by atoms with Crippen LogP contribution in [-0.2, 0) is 11.2 Å². The van der Waals surface area contributed by atoms with Crippen LogP contribution >= 0.6 is 0 Å². The number of primary amides is 1. The van der Waals surface area contributed by atoms with Crippen LogP contribution < -0.4 is 5.73 Å². The number of rotatable bonds is 4. The maximum atomic E-state index is 10.8. The van der Waals surface area contributed by atoms with Crippen LogP contribution in [0.5, 0.6) is 0 Å². The molecule has 0 unspecified atom stereocenters. The minimum Gasteiger partial charge on any atom is -0.370 e. The number of aromatic nitrogens is 1. The Balaban J connectivity index is 1.95. The predicted octanol–water partition coefficient (Wildman–Crippen LogP) is 3.13. The zero-order valence-electron chi connectivity index (χ0n) is 10.6. The van der Waals surface area contributed by atoms with E-state index in [0.29, 0.717) is 6.42 Å². The Morgan fingerprint density at radius 1 is 1.05 bits per heavy atom. The summed E-state index contributed by atoms with van der Waals surface area (Å²) in [7, 11) is 0. The van der Waals surface area contributed by atoms with Crippen LogP contribution in [0.4, 0.5) is 0 Å². The molecule has 3 N–H and O–H groups in total. The molecule has 3 aromatic rings. The highest BCUT2D eigenvalue weighted by molar-refractivity contribution is 6.07. The summed E-state index contributed by atoms with van der Waals surface area (Å²) >= 11 is 0. The molecule has 1 amide bonds. The van der Waals surface area contributed by atoms with Crippen LogP contribution in [0, 0.1) is 0 Å². The van der Waals surface area contributed by atoms with E-state index in [-0.39, 0.29) is 5.91 Å². The average Bonchev–Trinajstić information content (AvgIpc) is 2.76. The molecule has 3 nitrogen and oxygen atoms in total. The molecule has 0 fully saturated rings. The first-order valence-electron chi connectivity index (χ1n) is 6.52. The molecule has 0 bridgehead atoms. The Morgan fingerprint density at radius 2 is 1.84 bits per heavy atom. The van der Waals surface area contributed by atoms with Crippen molar-refractivity contribution in [1.82, 2.24) is 4.98 Å². The van der Waals surface area contributed by atoms with E-state index in [9.17, 15) is 4.79 Å². The Morgan fingerprint density at radius 3 is 2.68 bits per heavy atom. The molecule has 0 atom stereocenters. The number of amides is 1. The van der Waals surface area contributed by atoms with Gasteiger partial charge in [0.2, 0.25) is 5.91 Å². The lowest BCUT2D eigenvalue weighted by atomic mass is 10.0. The number of benzene rings is 2. The van der Waals surface area contributed by atoms with Crippen molar-refractivity contribution in [2.45, 2.75) is 19.3 Å². The lowest BCUT2D eigenvalue weighted by molar-refractivity contribution is -0.118. The lowest BCUT2D eigenvalue weighted by Crippen LogP contribution is -2.10. The monoisotopic (exact) mass is 252 g/mol. The average molecular weight is 252 g/mol. The highest BCUT2D eigenvalue weighted by atomic mass is 16.1. The number of hydrogen-bond acceptors (Lipinski definition) is 1. The van der Waals surface area contributed by atoms with Gasteiger partial charge < -0.3 is 10.7 Å². The molecule has 96 valence electrons. The number of nitrogens with two attached hydrogens (primary N) is 1. The third-order valence-electron chi connectivity index (χ3n) is 3.46. The molecule has 0 saturated heterocycles. The summed E-state index contributed by atoms with van der Waals surface area (Å²) in [5.74, 6) is -0.229. The SMILES string of the molecule is NC(=O)CCCc1ccc2[nH]c3ccccc3c2c1. The molecule has 0 spiro atoms. The minimum absolute atomic E-state index is 0.229. The number of carbonyl (C=O) groups is 1. The van der Waals surface area contributed by atoms with Crippen molar-refractivity contribution in [3.63, 3.8) is 0 Å². The predicted molar refractivity (Wildman–Crippen MR) is 77.9 cm³/mol. The number of para-hydroxylation sites is 1. The van der Waals surface area contributed by atoms with Crippen LogP contribution in [0.2, 0.25) is 0 Å². The van der Waals surface area contributed by atoms with E-state index < -0.39 is 0 Å². The van der Waals surface area contributed by atoms with E-state index in [1.54, 1.807) is 0 Å². The Bertz CT molecular complexity index is 743. The first kappa shape index (κ1) is 11.8. The zero-order chi connectivity index (χ0) is 13.2. The number of hydrogen-bond donors (Lipinski definition) is 2. The van der Waals surface area contributed by atoms with Gasteiger partial charge in [0.1, 0.15) is 0 Å². The fraction of sp³-hybridized carbons (Fsp3) is 0.188. The van der Waals surface area contributed by atoms with Gasteiger partial charge in [-0.05, 0) is 36.6 Å². The molecular formula is C16H16N2O. The van der Waals surface area contributed by atoms with Gasteiger partial charge >= 0.3 is 0 Å². The van der Waals surface area contributed by atoms with Crippen molar-refractivity contribution < 1.29 is 4.79 Å². The number of carbonyl (C=O) groups excluding carboxylic acids is 1. The molecule has 0 saturated carbocycles. The standard InChI is InChI=1S/C16H16N2O/c17-16(19)7-3-4-11-8-9-15-13(10-11)12-5-1-2-6-14(12)18-15/h1-2,5-6,8-10,18H,3-4,7H2,(H2,17,19). The highest BCUT2D eigenvalue weighted by Crippen LogP contribution is 2.26. The van der Waals surface area contributed by atoms with Gasteiger partial charge in [-0.1, -0.05) is 24.3 Å². The van der Waals surface area contributed by atoms with Gasteiger partial charge in [0.05, 0.1) is 0 Å². The summed E-state index contributed by atoms with van der Waals surface area (Å²) in [6, 6.07) is 14.7. The highest BCUT2D eigenvalue weighted by Gasteiger charge is 2.04. The maximum Gasteiger partial charge on any atom is 0.217 e. The van der Waals surface area contributed by atoms with Crippen molar-refractivity contribution in [3.05, 3.63) is 48.0 Å². The summed E-state index contributed by atoms with van der Waals surface area (Å²) < 4.78 is 0. The molecule has 0 aliphatic carbocycles. The number of H-pyrrole nitrogens is 1. The van der Waals surface area contributed by atoms with E-state index in [1.807, 2.05) is 6.07 Å². The molecule has 0 aliphatic rings. The van der Waals surface area contributed by atoms with Crippen molar-refractivity contribution in [3.8, 4) is 0 Å². The van der Waals surface area contributed by atoms with E-state index in [4.69, 9.17) is 5.73 Å². The quantitative estimate of drug-likeness (QED) is 0.736. The van der Waals surface area contributed by atoms with E-state index in [2.05, 4.69) is 41.4 Å². The second-order valence-electron chi connectivity index (χ2n) is 4.87. The molecular weight excluding hydrogens is 236 g/mol. The van der Waals surface area contributed by atoms with Crippen LogP contribution in [0.15, 0.2) is 42.5 Å². The van der Waals surface area contributed by atoms with Gasteiger partial charge in [-0.15, -0.1) is 0 Å². The fourth-order valence-corrected chi connectivity index (χ4v) is 2.52. The largest absolute Gasteiger partial charge is 0.370 e. The molecule has 3 rings (SSSR count). The summed E-state index contributed by atoms with van der Waals surface area (Å²) in [5, 5.41) is 2.49. The number of fused-ring (bicyclic) bond motifs is 3. The van der Waals surface area contributed by atoms with Gasteiger partial charge in [0, 0.05) is 28.2 Å². The lowest BCUT2D eigenvalue weighted by Gasteiger charge is -2.00. The second-order valence-corrected chi connectivity index (χ2v) is 4.87. The second kappa shape index (κ2) is 4.76. The van der Waals surface area contributed by atoms with Gasteiger partial charge in [0.25, 0.3) is 0 Å². The molecule has 0 radical (unpaired) electrons. The van der Waals surface area contributed by atoms with Crippen molar-refractivity contribution >= 4 is 27.7 Å². The van der Waals surface area contributed by atoms with Crippen LogP contribution in [-0.4, -0.2) is 10.9 Å². The van der Waals surface area contributed by atoms with E-state index >= 15 is 0 Å². The van der Waals surface area contributed by atoms with Crippen molar-refractivity contribution in [2.24, 2.45) is 5.73 Å². The molecule has 1 aromatic heterocycles. The van der Waals surface area contributed by atoms with E-state index in [0.717, 1.165) is 23.9 Å². The Hall–Kier alpha value is -2.29. The molecule has 1 heterocycles. The fourth-order valence-electron chi connectivity index (χ4n) is 2.52. The van der Waals surface area contributed by atoms with Crippen LogP contribution in [0.1, 0.15) is 18.4 Å². The summed E-state index contributed by atoms with van der Waals surface area (Å²) in [6.07, 6.45) is 2.15. The maximum absolute atomic E-state index is 10.8. The van der Waals surface area contributed by atoms with Crippen molar-refractivity contribution in [2.75, 3.05) is 0 Å². The third kappa shape index (κ3) is 2.32. The zero-order valence-corrected chi connectivity index (χ0v) is 10.6.